The number of rotatable bonds is 4. The molecule has 2 unspecified atom stereocenters. The number of nitrogens with one attached hydrogen (secondary N) is 1. The molecule has 0 spiro atoms. The van der Waals surface area contributed by atoms with E-state index in [-0.39, 0.29) is 6.10 Å². The first-order valence-electron chi connectivity index (χ1n) is 6.86. The Hall–Kier alpha value is -0.380. The first-order valence-corrected chi connectivity index (χ1v) is 7.65. The minimum atomic E-state index is 0.192. The Kier molecular flexibility index (Phi) is 5.22. The van der Waals surface area contributed by atoms with Gasteiger partial charge in [-0.05, 0) is 23.6 Å². The van der Waals surface area contributed by atoms with Crippen molar-refractivity contribution in [3.63, 3.8) is 0 Å². The molecule has 3 heteroatoms. The molecule has 2 atom stereocenters. The van der Waals surface area contributed by atoms with Crippen LogP contribution in [-0.4, -0.2) is 19.2 Å². The van der Waals surface area contributed by atoms with E-state index in [9.17, 15) is 0 Å². The second-order valence-corrected chi connectivity index (χ2v) is 5.87. The van der Waals surface area contributed by atoms with E-state index in [0.717, 1.165) is 17.6 Å². The van der Waals surface area contributed by atoms with Crippen molar-refractivity contribution < 1.29 is 4.74 Å². The van der Waals surface area contributed by atoms with E-state index in [4.69, 9.17) is 4.74 Å². The summed E-state index contributed by atoms with van der Waals surface area (Å²) in [4.78, 5) is 0. The quantitative estimate of drug-likeness (QED) is 0.910. The van der Waals surface area contributed by atoms with Crippen molar-refractivity contribution in [3.8, 4) is 0 Å². The molecule has 1 heterocycles. The summed E-state index contributed by atoms with van der Waals surface area (Å²) in [5.74, 6) is 0.663. The van der Waals surface area contributed by atoms with Gasteiger partial charge in [-0.25, -0.2) is 0 Å². The largest absolute Gasteiger partial charge is 0.367 e. The summed E-state index contributed by atoms with van der Waals surface area (Å²) in [6, 6.07) is 8.45. The molecule has 1 aromatic rings. The zero-order valence-electron chi connectivity index (χ0n) is 11.2. The van der Waals surface area contributed by atoms with Crippen molar-refractivity contribution in [2.45, 2.75) is 38.9 Å². The van der Waals surface area contributed by atoms with Gasteiger partial charge >= 0.3 is 0 Å². The molecule has 100 valence electrons. The first kappa shape index (κ1) is 14.0. The standard InChI is InChI=1S/C15H22BrNO/c1-3-11(4-2)14-9-17-10-15(18-14)12-5-7-13(16)8-6-12/h5-8,11,14-15,17H,3-4,9-10H2,1-2H3. The summed E-state index contributed by atoms with van der Waals surface area (Å²) in [6.07, 6.45) is 2.92. The van der Waals surface area contributed by atoms with Crippen LogP contribution in [0.15, 0.2) is 28.7 Å². The summed E-state index contributed by atoms with van der Waals surface area (Å²) < 4.78 is 7.40. The molecule has 1 aromatic carbocycles. The Morgan fingerprint density at radius 2 is 1.89 bits per heavy atom. The van der Waals surface area contributed by atoms with Gasteiger partial charge in [0.15, 0.2) is 0 Å². The van der Waals surface area contributed by atoms with Gasteiger partial charge in [-0.3, -0.25) is 0 Å². The van der Waals surface area contributed by atoms with Gasteiger partial charge < -0.3 is 10.1 Å². The molecule has 18 heavy (non-hydrogen) atoms. The van der Waals surface area contributed by atoms with E-state index in [1.54, 1.807) is 0 Å². The summed E-state index contributed by atoms with van der Waals surface area (Å²) in [7, 11) is 0. The van der Waals surface area contributed by atoms with Gasteiger partial charge in [0, 0.05) is 17.6 Å². The fourth-order valence-electron chi connectivity index (χ4n) is 2.63. The maximum atomic E-state index is 6.28. The molecule has 0 saturated carbocycles. The molecule has 2 rings (SSSR count). The maximum Gasteiger partial charge on any atom is 0.0953 e. The van der Waals surface area contributed by atoms with Crippen molar-refractivity contribution in [1.82, 2.24) is 5.32 Å². The van der Waals surface area contributed by atoms with Gasteiger partial charge in [0.05, 0.1) is 12.2 Å². The predicted octanol–water partition coefficient (Wildman–Crippen LogP) is 3.91. The summed E-state index contributed by atoms with van der Waals surface area (Å²) in [6.45, 7) is 6.40. The first-order chi connectivity index (χ1) is 8.74. The van der Waals surface area contributed by atoms with E-state index in [1.165, 1.54) is 18.4 Å². The van der Waals surface area contributed by atoms with Gasteiger partial charge in [-0.2, -0.15) is 0 Å². The molecule has 1 aliphatic rings. The van der Waals surface area contributed by atoms with Gasteiger partial charge in [-0.1, -0.05) is 54.8 Å². The van der Waals surface area contributed by atoms with Crippen LogP contribution in [0.1, 0.15) is 38.4 Å². The van der Waals surface area contributed by atoms with Crippen LogP contribution in [0.2, 0.25) is 0 Å². The fraction of sp³-hybridized carbons (Fsp3) is 0.600. The SMILES string of the molecule is CCC(CC)C1CNCC(c2ccc(Br)cc2)O1. The second kappa shape index (κ2) is 6.69. The highest BCUT2D eigenvalue weighted by Gasteiger charge is 2.27. The monoisotopic (exact) mass is 311 g/mol. The molecule has 0 amide bonds. The topological polar surface area (TPSA) is 21.3 Å². The summed E-state index contributed by atoms with van der Waals surface area (Å²) >= 11 is 3.47. The average Bonchev–Trinajstić information content (AvgIpc) is 2.41. The van der Waals surface area contributed by atoms with Gasteiger partial charge in [0.2, 0.25) is 0 Å². The van der Waals surface area contributed by atoms with Gasteiger partial charge in [0.1, 0.15) is 0 Å². The Labute approximate surface area is 118 Å². The Bertz CT molecular complexity index is 361. The Morgan fingerprint density at radius 1 is 1.22 bits per heavy atom. The Morgan fingerprint density at radius 3 is 2.50 bits per heavy atom. The van der Waals surface area contributed by atoms with E-state index in [2.05, 4.69) is 59.4 Å². The normalized spacial score (nSPS) is 24.4. The van der Waals surface area contributed by atoms with E-state index >= 15 is 0 Å². The molecule has 0 radical (unpaired) electrons. The zero-order chi connectivity index (χ0) is 13.0. The average molecular weight is 312 g/mol. The molecule has 1 fully saturated rings. The molecule has 2 nitrogen and oxygen atoms in total. The number of hydrogen-bond donors (Lipinski definition) is 1. The van der Waals surface area contributed by atoms with Crippen molar-refractivity contribution >= 4 is 15.9 Å². The lowest BCUT2D eigenvalue weighted by Gasteiger charge is -2.35. The van der Waals surface area contributed by atoms with Crippen molar-refractivity contribution in [2.75, 3.05) is 13.1 Å². The summed E-state index contributed by atoms with van der Waals surface area (Å²) in [5.41, 5.74) is 1.27. The number of hydrogen-bond acceptors (Lipinski definition) is 2. The Balaban J connectivity index is 2.04. The third kappa shape index (κ3) is 3.34. The molecule has 0 aromatic heterocycles. The molecule has 1 N–H and O–H groups in total. The lowest BCUT2D eigenvalue weighted by molar-refractivity contribution is -0.0688. The lowest BCUT2D eigenvalue weighted by Crippen LogP contribution is -2.44. The molecular weight excluding hydrogens is 290 g/mol. The van der Waals surface area contributed by atoms with Crippen molar-refractivity contribution in [2.24, 2.45) is 5.92 Å². The van der Waals surface area contributed by atoms with Crippen LogP contribution >= 0.6 is 15.9 Å². The maximum absolute atomic E-state index is 6.28. The van der Waals surface area contributed by atoms with Crippen LogP contribution in [0.5, 0.6) is 0 Å². The van der Waals surface area contributed by atoms with E-state index in [1.807, 2.05) is 0 Å². The van der Waals surface area contributed by atoms with Crippen molar-refractivity contribution in [1.29, 1.82) is 0 Å². The number of ether oxygens (including phenoxy) is 1. The molecule has 1 aliphatic heterocycles. The highest BCUT2D eigenvalue weighted by Crippen LogP contribution is 2.27. The van der Waals surface area contributed by atoms with E-state index < -0.39 is 0 Å². The van der Waals surface area contributed by atoms with Crippen LogP contribution in [0.25, 0.3) is 0 Å². The van der Waals surface area contributed by atoms with Gasteiger partial charge in [-0.15, -0.1) is 0 Å². The van der Waals surface area contributed by atoms with Crippen LogP contribution < -0.4 is 5.32 Å². The fourth-order valence-corrected chi connectivity index (χ4v) is 2.89. The number of benzene rings is 1. The van der Waals surface area contributed by atoms with Gasteiger partial charge in [0.25, 0.3) is 0 Å². The zero-order valence-corrected chi connectivity index (χ0v) is 12.7. The van der Waals surface area contributed by atoms with E-state index in [0.29, 0.717) is 12.0 Å². The minimum absolute atomic E-state index is 0.192. The minimum Gasteiger partial charge on any atom is -0.367 e. The molecular formula is C15H22BrNO. The highest BCUT2D eigenvalue weighted by atomic mass is 79.9. The molecule has 0 bridgehead atoms. The van der Waals surface area contributed by atoms with Crippen LogP contribution in [-0.2, 0) is 4.74 Å². The predicted molar refractivity (Wildman–Crippen MR) is 78.7 cm³/mol. The molecule has 1 saturated heterocycles. The number of halogens is 1. The van der Waals surface area contributed by atoms with Crippen LogP contribution in [0, 0.1) is 5.92 Å². The lowest BCUT2D eigenvalue weighted by atomic mass is 9.94. The smallest absolute Gasteiger partial charge is 0.0953 e. The summed E-state index contributed by atoms with van der Waals surface area (Å²) in [5, 5.41) is 3.51. The molecule has 0 aliphatic carbocycles. The second-order valence-electron chi connectivity index (χ2n) is 4.95. The third-order valence-electron chi connectivity index (χ3n) is 3.83. The third-order valence-corrected chi connectivity index (χ3v) is 4.36. The van der Waals surface area contributed by atoms with Crippen LogP contribution in [0.4, 0.5) is 0 Å². The van der Waals surface area contributed by atoms with Crippen molar-refractivity contribution in [3.05, 3.63) is 34.3 Å². The van der Waals surface area contributed by atoms with Crippen LogP contribution in [0.3, 0.4) is 0 Å². The number of morpholine rings is 1. The highest BCUT2D eigenvalue weighted by molar-refractivity contribution is 9.10.